The predicted octanol–water partition coefficient (Wildman–Crippen LogP) is 3.92. The van der Waals surface area contributed by atoms with Crippen molar-refractivity contribution in [3.8, 4) is 0 Å². The third kappa shape index (κ3) is 4.27. The number of anilines is 1. The van der Waals surface area contributed by atoms with Crippen molar-refractivity contribution in [3.63, 3.8) is 0 Å². The summed E-state index contributed by atoms with van der Waals surface area (Å²) in [5, 5.41) is 5.11. The lowest BCUT2D eigenvalue weighted by atomic mass is 10.3. The largest absolute Gasteiger partial charge is 0.467 e. The normalized spacial score (nSPS) is 10.6. The summed E-state index contributed by atoms with van der Waals surface area (Å²) in [6.45, 7) is 0.225. The smallest absolute Gasteiger partial charge is 0.319 e. The van der Waals surface area contributed by atoms with Gasteiger partial charge in [-0.25, -0.2) is 4.79 Å². The second kappa shape index (κ2) is 6.95. The van der Waals surface area contributed by atoms with Crippen molar-refractivity contribution in [1.29, 1.82) is 0 Å². The Morgan fingerprint density at radius 1 is 1.25 bits per heavy atom. The van der Waals surface area contributed by atoms with Gasteiger partial charge in [-0.3, -0.25) is 0 Å². The number of hydrogen-bond acceptors (Lipinski definition) is 3. The van der Waals surface area contributed by atoms with E-state index in [-0.39, 0.29) is 6.54 Å². The average molecular weight is 298 g/mol. The molecule has 0 atom stereocenters. The number of nitrogens with one attached hydrogen (secondary N) is 2. The molecule has 1 aromatic heterocycles. The van der Waals surface area contributed by atoms with Crippen molar-refractivity contribution < 1.29 is 18.0 Å². The number of rotatable bonds is 5. The SMILES string of the molecule is O=C(NCc1ccco1)Nc1ccccc1SC(F)F. The van der Waals surface area contributed by atoms with Crippen molar-refractivity contribution in [2.45, 2.75) is 17.2 Å². The van der Waals surface area contributed by atoms with E-state index in [9.17, 15) is 13.6 Å². The second-order valence-electron chi connectivity index (χ2n) is 3.76. The van der Waals surface area contributed by atoms with Gasteiger partial charge in [0.1, 0.15) is 5.76 Å². The molecule has 2 N–H and O–H groups in total. The number of alkyl halides is 2. The van der Waals surface area contributed by atoms with Gasteiger partial charge in [0.2, 0.25) is 0 Å². The zero-order valence-corrected chi connectivity index (χ0v) is 11.1. The number of para-hydroxylation sites is 1. The summed E-state index contributed by atoms with van der Waals surface area (Å²) in [5.41, 5.74) is 0.342. The first-order valence-electron chi connectivity index (χ1n) is 5.76. The van der Waals surface area contributed by atoms with Crippen LogP contribution in [0.5, 0.6) is 0 Å². The van der Waals surface area contributed by atoms with E-state index in [0.29, 0.717) is 28.1 Å². The quantitative estimate of drug-likeness (QED) is 0.823. The molecule has 0 saturated carbocycles. The molecule has 0 bridgehead atoms. The topological polar surface area (TPSA) is 54.3 Å². The Labute approximate surface area is 118 Å². The molecule has 7 heteroatoms. The standard InChI is InChI=1S/C13H12F2N2O2S/c14-12(15)20-11-6-2-1-5-10(11)17-13(18)16-8-9-4-3-7-19-9/h1-7,12H,8H2,(H2,16,17,18). The highest BCUT2D eigenvalue weighted by Gasteiger charge is 2.11. The van der Waals surface area contributed by atoms with Crippen LogP contribution in [0.15, 0.2) is 52.0 Å². The number of amides is 2. The molecule has 1 heterocycles. The number of carbonyl (C=O) groups excluding carboxylic acids is 1. The molecule has 0 aliphatic carbocycles. The fourth-order valence-electron chi connectivity index (χ4n) is 1.52. The first-order valence-corrected chi connectivity index (χ1v) is 6.64. The molecule has 0 spiro atoms. The van der Waals surface area contributed by atoms with Crippen molar-refractivity contribution in [2.24, 2.45) is 0 Å². The Hall–Kier alpha value is -2.02. The minimum atomic E-state index is -2.54. The molecule has 20 heavy (non-hydrogen) atoms. The van der Waals surface area contributed by atoms with E-state index >= 15 is 0 Å². The van der Waals surface area contributed by atoms with Crippen molar-refractivity contribution >= 4 is 23.5 Å². The summed E-state index contributed by atoms with van der Waals surface area (Å²) >= 11 is 0.389. The van der Waals surface area contributed by atoms with Crippen LogP contribution in [0, 0.1) is 0 Å². The Morgan fingerprint density at radius 3 is 2.75 bits per heavy atom. The van der Waals surface area contributed by atoms with Gasteiger partial charge in [0, 0.05) is 4.90 Å². The summed E-state index contributed by atoms with van der Waals surface area (Å²) < 4.78 is 29.9. The summed E-state index contributed by atoms with van der Waals surface area (Å²) in [6, 6.07) is 9.35. The van der Waals surface area contributed by atoms with E-state index in [2.05, 4.69) is 10.6 Å². The molecule has 0 radical (unpaired) electrons. The lowest BCUT2D eigenvalue weighted by molar-refractivity contribution is 0.250. The van der Waals surface area contributed by atoms with Crippen LogP contribution in [0.25, 0.3) is 0 Å². The van der Waals surface area contributed by atoms with E-state index in [0.717, 1.165) is 0 Å². The molecule has 0 aliphatic heterocycles. The Morgan fingerprint density at radius 2 is 2.05 bits per heavy atom. The molecule has 2 amide bonds. The highest BCUT2D eigenvalue weighted by Crippen LogP contribution is 2.31. The van der Waals surface area contributed by atoms with Gasteiger partial charge in [0.15, 0.2) is 0 Å². The van der Waals surface area contributed by atoms with Crippen molar-refractivity contribution in [2.75, 3.05) is 5.32 Å². The fraction of sp³-hybridized carbons (Fsp3) is 0.154. The van der Waals surface area contributed by atoms with Gasteiger partial charge in [-0.15, -0.1) is 0 Å². The van der Waals surface area contributed by atoms with Gasteiger partial charge in [-0.05, 0) is 24.3 Å². The van der Waals surface area contributed by atoms with Crippen molar-refractivity contribution in [1.82, 2.24) is 5.32 Å². The molecular formula is C13H12F2N2O2S. The molecule has 0 saturated heterocycles. The molecule has 0 aliphatic rings. The molecule has 4 nitrogen and oxygen atoms in total. The third-order valence-electron chi connectivity index (χ3n) is 2.35. The number of benzene rings is 1. The van der Waals surface area contributed by atoms with Crippen LogP contribution in [0.3, 0.4) is 0 Å². The molecule has 1 aromatic carbocycles. The molecule has 106 valence electrons. The zero-order chi connectivity index (χ0) is 14.4. The zero-order valence-electron chi connectivity index (χ0n) is 10.3. The molecule has 0 fully saturated rings. The minimum Gasteiger partial charge on any atom is -0.467 e. The van der Waals surface area contributed by atoms with Crippen LogP contribution < -0.4 is 10.6 Å². The van der Waals surface area contributed by atoms with E-state index in [4.69, 9.17) is 4.42 Å². The number of halogens is 2. The van der Waals surface area contributed by atoms with Gasteiger partial charge in [0.05, 0.1) is 18.5 Å². The van der Waals surface area contributed by atoms with Gasteiger partial charge in [0.25, 0.3) is 5.76 Å². The number of thioether (sulfide) groups is 1. The van der Waals surface area contributed by atoms with E-state index < -0.39 is 11.8 Å². The van der Waals surface area contributed by atoms with Gasteiger partial charge in [-0.1, -0.05) is 23.9 Å². The van der Waals surface area contributed by atoms with Gasteiger partial charge < -0.3 is 15.1 Å². The summed E-state index contributed by atoms with van der Waals surface area (Å²) in [7, 11) is 0. The lowest BCUT2D eigenvalue weighted by Crippen LogP contribution is -2.28. The maximum Gasteiger partial charge on any atom is 0.319 e. The number of hydrogen-bond donors (Lipinski definition) is 2. The van der Waals surface area contributed by atoms with E-state index in [1.54, 1.807) is 30.3 Å². The first-order chi connectivity index (χ1) is 9.65. The average Bonchev–Trinajstić information content (AvgIpc) is 2.91. The minimum absolute atomic E-state index is 0.225. The number of furan rings is 1. The van der Waals surface area contributed by atoms with Crippen LogP contribution in [0.1, 0.15) is 5.76 Å². The maximum atomic E-state index is 12.4. The van der Waals surface area contributed by atoms with Crippen molar-refractivity contribution in [3.05, 3.63) is 48.4 Å². The number of carbonyl (C=O) groups is 1. The molecular weight excluding hydrogens is 286 g/mol. The second-order valence-corrected chi connectivity index (χ2v) is 4.79. The van der Waals surface area contributed by atoms with Crippen LogP contribution >= 0.6 is 11.8 Å². The summed E-state index contributed by atoms with van der Waals surface area (Å²) in [6.07, 6.45) is 1.50. The van der Waals surface area contributed by atoms with E-state index in [1.165, 1.54) is 12.3 Å². The highest BCUT2D eigenvalue weighted by atomic mass is 32.2. The van der Waals surface area contributed by atoms with Crippen LogP contribution in [-0.4, -0.2) is 11.8 Å². The molecule has 2 rings (SSSR count). The lowest BCUT2D eigenvalue weighted by Gasteiger charge is -2.10. The van der Waals surface area contributed by atoms with Crippen LogP contribution in [0.2, 0.25) is 0 Å². The van der Waals surface area contributed by atoms with Crippen LogP contribution in [-0.2, 0) is 6.54 Å². The molecule has 0 unspecified atom stereocenters. The Bertz CT molecular complexity index is 561. The third-order valence-corrected chi connectivity index (χ3v) is 3.14. The summed E-state index contributed by atoms with van der Waals surface area (Å²) in [5.74, 6) is -1.93. The summed E-state index contributed by atoms with van der Waals surface area (Å²) in [4.78, 5) is 12.0. The first kappa shape index (κ1) is 14.4. The predicted molar refractivity (Wildman–Crippen MR) is 72.9 cm³/mol. The molecule has 2 aromatic rings. The highest BCUT2D eigenvalue weighted by molar-refractivity contribution is 7.99. The fourth-order valence-corrected chi connectivity index (χ4v) is 2.11. The van der Waals surface area contributed by atoms with Gasteiger partial charge >= 0.3 is 6.03 Å². The van der Waals surface area contributed by atoms with E-state index in [1.807, 2.05) is 0 Å². The monoisotopic (exact) mass is 298 g/mol. The maximum absolute atomic E-state index is 12.4. The Balaban J connectivity index is 1.93. The number of urea groups is 1. The van der Waals surface area contributed by atoms with Crippen LogP contribution in [0.4, 0.5) is 19.3 Å². The Kier molecular flexibility index (Phi) is 5.00. The van der Waals surface area contributed by atoms with Gasteiger partial charge in [-0.2, -0.15) is 8.78 Å².